The molecule has 1 aliphatic rings. The fraction of sp³-hybridized carbons (Fsp3) is 0.786. The number of hydrogen-bond acceptors (Lipinski definition) is 3. The minimum absolute atomic E-state index is 0.0887. The van der Waals surface area contributed by atoms with E-state index in [-0.39, 0.29) is 4.87 Å². The van der Waals surface area contributed by atoms with Crippen LogP contribution in [0.5, 0.6) is 0 Å². The lowest BCUT2D eigenvalue weighted by atomic mass is 9.94. The fourth-order valence-corrected chi connectivity index (χ4v) is 3.88. The maximum absolute atomic E-state index is 11.5. The van der Waals surface area contributed by atoms with Gasteiger partial charge in [-0.2, -0.15) is 0 Å². The zero-order chi connectivity index (χ0) is 13.1. The summed E-state index contributed by atoms with van der Waals surface area (Å²) < 4.78 is 0. The Hall–Kier alpha value is -0.610. The second-order valence-corrected chi connectivity index (χ2v) is 6.78. The van der Waals surface area contributed by atoms with E-state index in [2.05, 4.69) is 30.8 Å². The SMILES string of the molecule is CC(C)c1[nH]c(=O)sc1CN(C)C1CCCCC1. The summed E-state index contributed by atoms with van der Waals surface area (Å²) in [7, 11) is 2.20. The lowest BCUT2D eigenvalue weighted by Gasteiger charge is -2.31. The highest BCUT2D eigenvalue weighted by atomic mass is 32.1. The van der Waals surface area contributed by atoms with Crippen LogP contribution in [0.2, 0.25) is 0 Å². The topological polar surface area (TPSA) is 36.1 Å². The van der Waals surface area contributed by atoms with Crippen molar-refractivity contribution < 1.29 is 0 Å². The van der Waals surface area contributed by atoms with Gasteiger partial charge in [-0.05, 0) is 25.8 Å². The zero-order valence-corrected chi connectivity index (χ0v) is 12.5. The molecule has 1 saturated carbocycles. The quantitative estimate of drug-likeness (QED) is 0.909. The molecule has 4 heteroatoms. The van der Waals surface area contributed by atoms with E-state index in [1.54, 1.807) is 0 Å². The van der Waals surface area contributed by atoms with E-state index in [0.717, 1.165) is 12.2 Å². The summed E-state index contributed by atoms with van der Waals surface area (Å²) >= 11 is 1.38. The van der Waals surface area contributed by atoms with Crippen molar-refractivity contribution >= 4 is 11.3 Å². The summed E-state index contributed by atoms with van der Waals surface area (Å²) in [6.45, 7) is 5.20. The normalized spacial score (nSPS) is 17.8. The predicted molar refractivity (Wildman–Crippen MR) is 77.4 cm³/mol. The number of nitrogens with one attached hydrogen (secondary N) is 1. The number of aromatic nitrogens is 1. The first kappa shape index (κ1) is 13.8. The molecule has 0 bridgehead atoms. The van der Waals surface area contributed by atoms with Crippen molar-refractivity contribution in [3.8, 4) is 0 Å². The summed E-state index contributed by atoms with van der Waals surface area (Å²) in [5, 5.41) is 0. The van der Waals surface area contributed by atoms with Gasteiger partial charge in [0.05, 0.1) is 0 Å². The molecule has 1 fully saturated rings. The van der Waals surface area contributed by atoms with Crippen LogP contribution in [0.1, 0.15) is 62.4 Å². The molecule has 3 nitrogen and oxygen atoms in total. The molecule has 102 valence electrons. The van der Waals surface area contributed by atoms with Crippen LogP contribution in [0, 0.1) is 0 Å². The highest BCUT2D eigenvalue weighted by molar-refractivity contribution is 7.09. The monoisotopic (exact) mass is 268 g/mol. The number of thiazole rings is 1. The van der Waals surface area contributed by atoms with Crippen LogP contribution >= 0.6 is 11.3 Å². The molecule has 1 aromatic heterocycles. The van der Waals surface area contributed by atoms with E-state index in [9.17, 15) is 4.79 Å². The smallest absolute Gasteiger partial charge is 0.304 e. The lowest BCUT2D eigenvalue weighted by molar-refractivity contribution is 0.185. The van der Waals surface area contributed by atoms with Gasteiger partial charge < -0.3 is 4.98 Å². The molecule has 1 aromatic rings. The molecule has 0 radical (unpaired) electrons. The highest BCUT2D eigenvalue weighted by Gasteiger charge is 2.20. The Morgan fingerprint density at radius 1 is 1.33 bits per heavy atom. The molecule has 0 atom stereocenters. The van der Waals surface area contributed by atoms with Gasteiger partial charge in [0, 0.05) is 23.2 Å². The van der Waals surface area contributed by atoms with Crippen LogP contribution in [0.4, 0.5) is 0 Å². The van der Waals surface area contributed by atoms with E-state index >= 15 is 0 Å². The Labute approximate surface area is 113 Å². The number of H-pyrrole nitrogens is 1. The van der Waals surface area contributed by atoms with Gasteiger partial charge in [-0.15, -0.1) is 0 Å². The second kappa shape index (κ2) is 6.02. The Bertz CT molecular complexity index is 429. The first-order valence-electron chi connectivity index (χ1n) is 7.00. The van der Waals surface area contributed by atoms with Crippen LogP contribution in [0.15, 0.2) is 4.79 Å². The first-order valence-corrected chi connectivity index (χ1v) is 7.81. The van der Waals surface area contributed by atoms with Crippen molar-refractivity contribution in [1.82, 2.24) is 9.88 Å². The first-order chi connectivity index (χ1) is 8.58. The summed E-state index contributed by atoms with van der Waals surface area (Å²) in [5.74, 6) is 0.402. The maximum Gasteiger partial charge on any atom is 0.304 e. The number of aromatic amines is 1. The molecule has 2 rings (SSSR count). The fourth-order valence-electron chi connectivity index (χ4n) is 2.83. The van der Waals surface area contributed by atoms with Crippen molar-refractivity contribution in [1.29, 1.82) is 0 Å². The standard InChI is InChI=1S/C14H24N2OS/c1-10(2)13-12(18-14(17)15-13)9-16(3)11-7-5-4-6-8-11/h10-11H,4-9H2,1-3H3,(H,15,17). The number of nitrogens with zero attached hydrogens (tertiary/aromatic N) is 1. The summed E-state index contributed by atoms with van der Waals surface area (Å²) in [4.78, 5) is 18.3. The number of rotatable bonds is 4. The third-order valence-corrected chi connectivity index (χ3v) is 4.80. The van der Waals surface area contributed by atoms with Crippen molar-refractivity contribution in [3.63, 3.8) is 0 Å². The van der Waals surface area contributed by atoms with Crippen LogP contribution < -0.4 is 4.87 Å². The molecule has 1 N–H and O–H groups in total. The third-order valence-electron chi connectivity index (χ3n) is 3.92. The van der Waals surface area contributed by atoms with Crippen molar-refractivity contribution in [2.45, 2.75) is 64.5 Å². The van der Waals surface area contributed by atoms with Gasteiger partial charge in [-0.1, -0.05) is 44.4 Å². The largest absolute Gasteiger partial charge is 0.316 e. The zero-order valence-electron chi connectivity index (χ0n) is 11.7. The molecular formula is C14H24N2OS. The van der Waals surface area contributed by atoms with Crippen molar-refractivity contribution in [2.24, 2.45) is 0 Å². The molecule has 0 amide bonds. The average molecular weight is 268 g/mol. The molecule has 0 saturated heterocycles. The van der Waals surface area contributed by atoms with Crippen LogP contribution in [-0.4, -0.2) is 23.0 Å². The highest BCUT2D eigenvalue weighted by Crippen LogP contribution is 2.25. The van der Waals surface area contributed by atoms with Gasteiger partial charge in [0.1, 0.15) is 0 Å². The molecule has 18 heavy (non-hydrogen) atoms. The second-order valence-electron chi connectivity index (χ2n) is 5.71. The van der Waals surface area contributed by atoms with Crippen molar-refractivity contribution in [3.05, 3.63) is 20.2 Å². The maximum atomic E-state index is 11.5. The molecule has 0 unspecified atom stereocenters. The Morgan fingerprint density at radius 3 is 2.61 bits per heavy atom. The van der Waals surface area contributed by atoms with Gasteiger partial charge >= 0.3 is 4.87 Å². The molecule has 1 heterocycles. The molecular weight excluding hydrogens is 244 g/mol. The summed E-state index contributed by atoms with van der Waals surface area (Å²) in [6.07, 6.45) is 6.73. The van der Waals surface area contributed by atoms with E-state index in [1.165, 1.54) is 48.3 Å². The molecule has 0 aromatic carbocycles. The van der Waals surface area contributed by atoms with E-state index in [0.29, 0.717) is 12.0 Å². The van der Waals surface area contributed by atoms with Crippen LogP contribution in [0.25, 0.3) is 0 Å². The van der Waals surface area contributed by atoms with Gasteiger partial charge in [-0.3, -0.25) is 9.69 Å². The van der Waals surface area contributed by atoms with E-state index in [1.807, 2.05) is 0 Å². The average Bonchev–Trinajstić information content (AvgIpc) is 2.71. The lowest BCUT2D eigenvalue weighted by Crippen LogP contribution is -2.32. The summed E-state index contributed by atoms with van der Waals surface area (Å²) in [5.41, 5.74) is 1.13. The Morgan fingerprint density at radius 2 is 2.00 bits per heavy atom. The number of hydrogen-bond donors (Lipinski definition) is 1. The van der Waals surface area contributed by atoms with Crippen molar-refractivity contribution in [2.75, 3.05) is 7.05 Å². The minimum atomic E-state index is 0.0887. The predicted octanol–water partition coefficient (Wildman–Crippen LogP) is 3.32. The minimum Gasteiger partial charge on any atom is -0.316 e. The van der Waals surface area contributed by atoms with Gasteiger partial charge in [0.15, 0.2) is 0 Å². The Kier molecular flexibility index (Phi) is 4.62. The molecule has 0 spiro atoms. The Balaban J connectivity index is 2.05. The van der Waals surface area contributed by atoms with Gasteiger partial charge in [0.25, 0.3) is 0 Å². The van der Waals surface area contributed by atoms with E-state index in [4.69, 9.17) is 0 Å². The third kappa shape index (κ3) is 3.23. The van der Waals surface area contributed by atoms with Gasteiger partial charge in [-0.25, -0.2) is 0 Å². The van der Waals surface area contributed by atoms with Crippen LogP contribution in [0.3, 0.4) is 0 Å². The molecule has 1 aliphatic carbocycles. The van der Waals surface area contributed by atoms with E-state index < -0.39 is 0 Å². The molecule has 0 aliphatic heterocycles. The van der Waals surface area contributed by atoms with Crippen LogP contribution in [-0.2, 0) is 6.54 Å². The van der Waals surface area contributed by atoms with Gasteiger partial charge in [0.2, 0.25) is 0 Å². The summed E-state index contributed by atoms with van der Waals surface area (Å²) in [6, 6.07) is 0.705.